The van der Waals surface area contributed by atoms with Crippen LogP contribution in [0.1, 0.15) is 36.3 Å². The smallest absolute Gasteiger partial charge is 0.280 e. The first kappa shape index (κ1) is 16.7. The van der Waals surface area contributed by atoms with Gasteiger partial charge in [0, 0.05) is 5.92 Å². The molecule has 0 aliphatic carbocycles. The first-order valence-corrected chi connectivity index (χ1v) is 8.80. The highest BCUT2D eigenvalue weighted by Crippen LogP contribution is 2.29. The molecule has 118 valence electrons. The van der Waals surface area contributed by atoms with Crippen molar-refractivity contribution in [2.75, 3.05) is 0 Å². The van der Waals surface area contributed by atoms with Gasteiger partial charge in [0.15, 0.2) is 0 Å². The molecule has 1 atom stereocenters. The molecule has 0 amide bonds. The fourth-order valence-corrected chi connectivity index (χ4v) is 3.03. The van der Waals surface area contributed by atoms with Crippen molar-refractivity contribution in [2.24, 2.45) is 5.73 Å². The summed E-state index contributed by atoms with van der Waals surface area (Å²) in [4.78, 5) is 0. The molecule has 5 heteroatoms. The summed E-state index contributed by atoms with van der Waals surface area (Å²) in [5.41, 5.74) is 7.85. The van der Waals surface area contributed by atoms with Crippen LogP contribution in [-0.2, 0) is 10.1 Å². The van der Waals surface area contributed by atoms with Gasteiger partial charge in [-0.2, -0.15) is 8.42 Å². The minimum atomic E-state index is -4.15. The monoisotopic (exact) mass is 319 g/mol. The summed E-state index contributed by atoms with van der Waals surface area (Å²) in [6.07, 6.45) is 1.64. The van der Waals surface area contributed by atoms with Crippen LogP contribution in [0.5, 0.6) is 0 Å². The van der Waals surface area contributed by atoms with Crippen molar-refractivity contribution < 1.29 is 13.0 Å². The van der Waals surface area contributed by atoms with Crippen LogP contribution >= 0.6 is 0 Å². The lowest BCUT2D eigenvalue weighted by Crippen LogP contribution is -2.29. The van der Waals surface area contributed by atoms with Crippen LogP contribution in [0.15, 0.2) is 60.7 Å². The van der Waals surface area contributed by atoms with E-state index >= 15 is 0 Å². The van der Waals surface area contributed by atoms with Crippen LogP contribution in [0.25, 0.3) is 0 Å². The zero-order valence-corrected chi connectivity index (χ0v) is 13.1. The molecule has 22 heavy (non-hydrogen) atoms. The lowest BCUT2D eigenvalue weighted by molar-refractivity contribution is 0.458. The van der Waals surface area contributed by atoms with E-state index in [0.29, 0.717) is 6.42 Å². The highest BCUT2D eigenvalue weighted by molar-refractivity contribution is 7.86. The van der Waals surface area contributed by atoms with Crippen LogP contribution < -0.4 is 5.73 Å². The van der Waals surface area contributed by atoms with Crippen LogP contribution in [0, 0.1) is 0 Å². The number of benzene rings is 2. The Morgan fingerprint density at radius 1 is 0.864 bits per heavy atom. The molecule has 0 saturated heterocycles. The zero-order valence-electron chi connectivity index (χ0n) is 12.3. The Labute approximate surface area is 131 Å². The molecule has 3 N–H and O–H groups in total. The topological polar surface area (TPSA) is 80.4 Å². The van der Waals surface area contributed by atoms with Gasteiger partial charge < -0.3 is 5.73 Å². The van der Waals surface area contributed by atoms with Gasteiger partial charge in [0.05, 0.1) is 0 Å². The molecule has 2 rings (SSSR count). The van der Waals surface area contributed by atoms with Gasteiger partial charge in [-0.3, -0.25) is 4.55 Å². The second kappa shape index (κ2) is 7.54. The number of nitrogens with two attached hydrogens (primary N) is 1. The predicted molar refractivity (Wildman–Crippen MR) is 88.1 cm³/mol. The Bertz CT molecular complexity index is 632. The van der Waals surface area contributed by atoms with Crippen molar-refractivity contribution in [3.63, 3.8) is 0 Å². The largest absolute Gasteiger partial charge is 0.313 e. The minimum absolute atomic E-state index is 0.191. The van der Waals surface area contributed by atoms with Crippen LogP contribution in [0.4, 0.5) is 0 Å². The average molecular weight is 319 g/mol. The standard InChI is InChI=1S/C17H21NO3S/c18-17(22(19,20)21)13-7-12-16(14-8-3-1-4-9-14)15-10-5-2-6-11-15/h1-6,8-11,16-17H,7,12-13,18H2,(H,19,20,21). The summed E-state index contributed by atoms with van der Waals surface area (Å²) in [7, 11) is -4.15. The predicted octanol–water partition coefficient (Wildman–Crippen LogP) is 3.16. The second-order valence-corrected chi connectivity index (χ2v) is 6.99. The highest BCUT2D eigenvalue weighted by atomic mass is 32.2. The Morgan fingerprint density at radius 3 is 1.73 bits per heavy atom. The van der Waals surface area contributed by atoms with Gasteiger partial charge in [0.1, 0.15) is 5.37 Å². The van der Waals surface area contributed by atoms with Crippen molar-refractivity contribution in [3.8, 4) is 0 Å². The minimum Gasteiger partial charge on any atom is -0.313 e. The van der Waals surface area contributed by atoms with Crippen molar-refractivity contribution in [3.05, 3.63) is 71.8 Å². The molecule has 0 radical (unpaired) electrons. The van der Waals surface area contributed by atoms with Crippen molar-refractivity contribution in [1.29, 1.82) is 0 Å². The lowest BCUT2D eigenvalue weighted by Gasteiger charge is -2.18. The normalized spacial score (nSPS) is 13.2. The maximum absolute atomic E-state index is 11.0. The number of hydrogen-bond donors (Lipinski definition) is 2. The molecular weight excluding hydrogens is 298 g/mol. The zero-order chi connectivity index (χ0) is 16.0. The van der Waals surface area contributed by atoms with E-state index in [1.807, 2.05) is 36.4 Å². The van der Waals surface area contributed by atoms with Gasteiger partial charge in [-0.25, -0.2) is 0 Å². The fourth-order valence-electron chi connectivity index (χ4n) is 2.57. The van der Waals surface area contributed by atoms with E-state index in [9.17, 15) is 8.42 Å². The van der Waals surface area contributed by atoms with Gasteiger partial charge in [-0.15, -0.1) is 0 Å². The van der Waals surface area contributed by atoms with Crippen molar-refractivity contribution in [2.45, 2.75) is 30.6 Å². The van der Waals surface area contributed by atoms with Crippen LogP contribution in [0.2, 0.25) is 0 Å². The molecule has 2 aromatic carbocycles. The second-order valence-electron chi connectivity index (χ2n) is 5.36. The van der Waals surface area contributed by atoms with Crippen molar-refractivity contribution >= 4 is 10.1 Å². The summed E-state index contributed by atoms with van der Waals surface area (Å²) < 4.78 is 30.9. The average Bonchev–Trinajstić information content (AvgIpc) is 2.52. The molecule has 1 unspecified atom stereocenters. The number of rotatable bonds is 7. The molecule has 0 aliphatic heterocycles. The Hall–Kier alpha value is -1.69. The molecule has 0 heterocycles. The molecule has 2 aromatic rings. The number of hydrogen-bond acceptors (Lipinski definition) is 3. The quantitative estimate of drug-likeness (QED) is 0.768. The van der Waals surface area contributed by atoms with E-state index in [1.54, 1.807) is 0 Å². The van der Waals surface area contributed by atoms with Gasteiger partial charge in [0.2, 0.25) is 0 Å². The lowest BCUT2D eigenvalue weighted by atomic mass is 9.87. The third-order valence-corrected chi connectivity index (χ3v) is 4.77. The summed E-state index contributed by atoms with van der Waals surface area (Å²) in [5.74, 6) is 0.191. The van der Waals surface area contributed by atoms with E-state index in [0.717, 1.165) is 6.42 Å². The van der Waals surface area contributed by atoms with E-state index in [4.69, 9.17) is 10.3 Å². The summed E-state index contributed by atoms with van der Waals surface area (Å²) in [6.45, 7) is 0. The highest BCUT2D eigenvalue weighted by Gasteiger charge is 2.19. The van der Waals surface area contributed by atoms with Crippen LogP contribution in [0.3, 0.4) is 0 Å². The molecule has 0 aromatic heterocycles. The van der Waals surface area contributed by atoms with Gasteiger partial charge in [0.25, 0.3) is 10.1 Å². The van der Waals surface area contributed by atoms with Crippen LogP contribution in [-0.4, -0.2) is 18.3 Å². The van der Waals surface area contributed by atoms with Gasteiger partial charge in [-0.05, 0) is 30.4 Å². The molecule has 0 spiro atoms. The first-order valence-electron chi connectivity index (χ1n) is 7.30. The maximum atomic E-state index is 11.0. The van der Waals surface area contributed by atoms with E-state index in [1.165, 1.54) is 11.1 Å². The molecular formula is C17H21NO3S. The van der Waals surface area contributed by atoms with E-state index in [2.05, 4.69) is 24.3 Å². The Kier molecular flexibility index (Phi) is 5.71. The summed E-state index contributed by atoms with van der Waals surface area (Å²) in [6, 6.07) is 20.2. The third kappa shape index (κ3) is 4.66. The molecule has 4 nitrogen and oxygen atoms in total. The SMILES string of the molecule is NC(CCCC(c1ccccc1)c1ccccc1)S(=O)(=O)O. The Balaban J connectivity index is 2.10. The summed E-state index contributed by atoms with van der Waals surface area (Å²) >= 11 is 0. The first-order chi connectivity index (χ1) is 10.5. The van der Waals surface area contributed by atoms with Gasteiger partial charge >= 0.3 is 0 Å². The molecule has 0 bridgehead atoms. The van der Waals surface area contributed by atoms with Gasteiger partial charge in [-0.1, -0.05) is 60.7 Å². The molecule has 0 aliphatic rings. The fraction of sp³-hybridized carbons (Fsp3) is 0.294. The third-order valence-electron chi connectivity index (χ3n) is 3.77. The van der Waals surface area contributed by atoms with Crippen molar-refractivity contribution in [1.82, 2.24) is 0 Å². The molecule has 0 saturated carbocycles. The maximum Gasteiger partial charge on any atom is 0.280 e. The molecule has 0 fully saturated rings. The van der Waals surface area contributed by atoms with E-state index in [-0.39, 0.29) is 12.3 Å². The van der Waals surface area contributed by atoms with E-state index < -0.39 is 15.5 Å². The summed E-state index contributed by atoms with van der Waals surface area (Å²) in [5, 5.41) is -1.21. The Morgan fingerprint density at radius 2 is 1.32 bits per heavy atom.